The number of sulfonamides is 1. The Morgan fingerprint density at radius 1 is 1.14 bits per heavy atom. The molecule has 0 amide bonds. The number of ether oxygens (including phenoxy) is 2. The van der Waals surface area contributed by atoms with Gasteiger partial charge in [0.25, 0.3) is 5.56 Å². The van der Waals surface area contributed by atoms with Crippen molar-refractivity contribution in [3.63, 3.8) is 0 Å². The predicted octanol–water partition coefficient (Wildman–Crippen LogP) is 1.41. The van der Waals surface area contributed by atoms with Crippen LogP contribution in [0.2, 0.25) is 0 Å². The SMILES string of the molecule is CCOCC(C)Oc1ncc(S(=O)(=O)N2CCN(CC)CC2)cc1-c1nc2c(CC)n(C)nc2c(=O)[nH]1. The van der Waals surface area contributed by atoms with Crippen LogP contribution in [0.5, 0.6) is 5.88 Å². The van der Waals surface area contributed by atoms with E-state index in [0.29, 0.717) is 51.3 Å². The first kappa shape index (κ1) is 27.2. The lowest BCUT2D eigenvalue weighted by Gasteiger charge is -2.33. The van der Waals surface area contributed by atoms with Crippen LogP contribution in [0.4, 0.5) is 0 Å². The molecule has 3 aromatic rings. The Morgan fingerprint density at radius 3 is 2.51 bits per heavy atom. The number of likely N-dealkylation sites (N-methyl/N-ethyl adjacent to an activating group) is 1. The minimum atomic E-state index is -3.82. The fourth-order valence-electron chi connectivity index (χ4n) is 4.43. The van der Waals surface area contributed by atoms with E-state index in [0.717, 1.165) is 12.2 Å². The summed E-state index contributed by atoms with van der Waals surface area (Å²) in [5.74, 6) is 0.325. The van der Waals surface area contributed by atoms with Crippen LogP contribution in [0, 0.1) is 0 Å². The number of aryl methyl sites for hydroxylation is 2. The van der Waals surface area contributed by atoms with Crippen LogP contribution in [-0.4, -0.2) is 94.4 Å². The van der Waals surface area contributed by atoms with Gasteiger partial charge in [-0.15, -0.1) is 0 Å². The third kappa shape index (κ3) is 5.54. The summed E-state index contributed by atoms with van der Waals surface area (Å²) in [6.45, 7) is 11.6. The summed E-state index contributed by atoms with van der Waals surface area (Å²) < 4.78 is 41.6. The van der Waals surface area contributed by atoms with Crippen molar-refractivity contribution in [2.45, 2.75) is 45.1 Å². The molecule has 1 N–H and O–H groups in total. The summed E-state index contributed by atoms with van der Waals surface area (Å²) in [4.78, 5) is 27.0. The van der Waals surface area contributed by atoms with Gasteiger partial charge < -0.3 is 19.4 Å². The van der Waals surface area contributed by atoms with Gasteiger partial charge in [-0.1, -0.05) is 13.8 Å². The van der Waals surface area contributed by atoms with Crippen molar-refractivity contribution in [1.29, 1.82) is 0 Å². The molecule has 0 aromatic carbocycles. The highest BCUT2D eigenvalue weighted by atomic mass is 32.2. The maximum Gasteiger partial charge on any atom is 0.279 e. The molecule has 202 valence electrons. The lowest BCUT2D eigenvalue weighted by atomic mass is 10.2. The van der Waals surface area contributed by atoms with Crippen LogP contribution in [0.25, 0.3) is 22.4 Å². The van der Waals surface area contributed by atoms with Crippen LogP contribution in [0.15, 0.2) is 22.0 Å². The molecule has 1 saturated heterocycles. The number of hydrogen-bond acceptors (Lipinski definition) is 9. The standard InChI is InChI=1S/C24H35N7O5S/c1-6-19-20-21(28-29(19)5)23(32)27-22(26-20)18-13-17(14-25-24(18)36-16(4)15-35-8-3)37(33,34)31-11-9-30(7-2)10-12-31/h13-14,16H,6-12,15H2,1-5H3,(H,26,27,32). The first-order chi connectivity index (χ1) is 17.7. The highest BCUT2D eigenvalue weighted by Gasteiger charge is 2.30. The molecule has 1 aliphatic rings. The highest BCUT2D eigenvalue weighted by molar-refractivity contribution is 7.89. The average Bonchev–Trinajstić information content (AvgIpc) is 3.23. The van der Waals surface area contributed by atoms with Crippen LogP contribution < -0.4 is 10.3 Å². The molecule has 0 radical (unpaired) electrons. The summed E-state index contributed by atoms with van der Waals surface area (Å²) in [5, 5.41) is 4.29. The molecular formula is C24H35N7O5S. The number of H-pyrrole nitrogens is 1. The second-order valence-electron chi connectivity index (χ2n) is 8.99. The van der Waals surface area contributed by atoms with Crippen molar-refractivity contribution in [3.8, 4) is 17.3 Å². The molecule has 0 bridgehead atoms. The molecule has 3 aromatic heterocycles. The van der Waals surface area contributed by atoms with Crippen molar-refractivity contribution >= 4 is 21.1 Å². The summed E-state index contributed by atoms with van der Waals surface area (Å²) in [7, 11) is -2.06. The monoisotopic (exact) mass is 533 g/mol. The van der Waals surface area contributed by atoms with Crippen molar-refractivity contribution in [2.24, 2.45) is 7.05 Å². The van der Waals surface area contributed by atoms with Crippen LogP contribution in [-0.2, 0) is 28.2 Å². The van der Waals surface area contributed by atoms with E-state index in [4.69, 9.17) is 9.47 Å². The van der Waals surface area contributed by atoms with Gasteiger partial charge in [0.2, 0.25) is 15.9 Å². The molecule has 1 aliphatic heterocycles. The lowest BCUT2D eigenvalue weighted by Crippen LogP contribution is -2.48. The molecule has 4 rings (SSSR count). The number of pyridine rings is 1. The Bertz CT molecular complexity index is 1410. The number of aromatic amines is 1. The zero-order valence-corrected chi connectivity index (χ0v) is 22.8. The molecule has 1 atom stereocenters. The molecule has 0 saturated carbocycles. The van der Waals surface area contributed by atoms with Crippen LogP contribution >= 0.6 is 0 Å². The summed E-state index contributed by atoms with van der Waals surface area (Å²) >= 11 is 0. The van der Waals surface area contributed by atoms with Gasteiger partial charge in [0.15, 0.2) is 5.52 Å². The summed E-state index contributed by atoms with van der Waals surface area (Å²) in [6, 6.07) is 1.48. The van der Waals surface area contributed by atoms with Crippen molar-refractivity contribution in [3.05, 3.63) is 28.3 Å². The number of nitrogens with zero attached hydrogens (tertiary/aromatic N) is 6. The first-order valence-corrected chi connectivity index (χ1v) is 14.1. The third-order valence-electron chi connectivity index (χ3n) is 6.51. The van der Waals surface area contributed by atoms with Gasteiger partial charge in [-0.05, 0) is 32.9 Å². The van der Waals surface area contributed by atoms with Gasteiger partial charge >= 0.3 is 0 Å². The minimum absolute atomic E-state index is 0.0157. The van der Waals surface area contributed by atoms with Gasteiger partial charge in [-0.25, -0.2) is 18.4 Å². The lowest BCUT2D eigenvalue weighted by molar-refractivity contribution is 0.0636. The fourth-order valence-corrected chi connectivity index (χ4v) is 5.82. The average molecular weight is 534 g/mol. The van der Waals surface area contributed by atoms with E-state index in [1.165, 1.54) is 16.6 Å². The van der Waals surface area contributed by atoms with E-state index >= 15 is 0 Å². The maximum atomic E-state index is 13.5. The Morgan fingerprint density at radius 2 is 1.86 bits per heavy atom. The minimum Gasteiger partial charge on any atom is -0.472 e. The number of fused-ring (bicyclic) bond motifs is 1. The zero-order valence-electron chi connectivity index (χ0n) is 22.0. The molecule has 37 heavy (non-hydrogen) atoms. The smallest absolute Gasteiger partial charge is 0.279 e. The summed E-state index contributed by atoms with van der Waals surface area (Å²) in [6.07, 6.45) is 1.55. The van der Waals surface area contributed by atoms with Crippen molar-refractivity contribution in [1.82, 2.24) is 33.9 Å². The van der Waals surface area contributed by atoms with Gasteiger partial charge in [0.05, 0.1) is 24.1 Å². The van der Waals surface area contributed by atoms with Gasteiger partial charge in [0, 0.05) is 39.8 Å². The molecule has 1 fully saturated rings. The van der Waals surface area contributed by atoms with E-state index in [9.17, 15) is 13.2 Å². The van der Waals surface area contributed by atoms with Crippen LogP contribution in [0.1, 0.15) is 33.4 Å². The van der Waals surface area contributed by atoms with Gasteiger partial charge in [-0.2, -0.15) is 9.40 Å². The zero-order chi connectivity index (χ0) is 26.7. The Hall–Kier alpha value is -2.87. The number of rotatable bonds is 10. The van der Waals surface area contributed by atoms with Gasteiger partial charge in [0.1, 0.15) is 22.3 Å². The Kier molecular flexibility index (Phi) is 8.26. The number of aromatic nitrogens is 5. The largest absolute Gasteiger partial charge is 0.472 e. The van der Waals surface area contributed by atoms with Crippen molar-refractivity contribution in [2.75, 3.05) is 45.9 Å². The van der Waals surface area contributed by atoms with Crippen molar-refractivity contribution < 1.29 is 17.9 Å². The molecule has 13 heteroatoms. The highest BCUT2D eigenvalue weighted by Crippen LogP contribution is 2.31. The molecule has 0 spiro atoms. The van der Waals surface area contributed by atoms with Crippen LogP contribution in [0.3, 0.4) is 0 Å². The van der Waals surface area contributed by atoms with E-state index in [2.05, 4.69) is 31.9 Å². The topological polar surface area (TPSA) is 136 Å². The normalized spacial score (nSPS) is 16.4. The Labute approximate surface area is 216 Å². The second kappa shape index (κ2) is 11.3. The molecule has 12 nitrogen and oxygen atoms in total. The number of hydrogen-bond donors (Lipinski definition) is 1. The fraction of sp³-hybridized carbons (Fsp3) is 0.583. The number of piperazine rings is 1. The quantitative estimate of drug-likeness (QED) is 0.410. The van der Waals surface area contributed by atoms with E-state index < -0.39 is 15.6 Å². The number of nitrogens with one attached hydrogen (secondary N) is 1. The van der Waals surface area contributed by atoms with Gasteiger partial charge in [-0.3, -0.25) is 9.48 Å². The molecule has 1 unspecified atom stereocenters. The van der Waals surface area contributed by atoms with E-state index in [-0.39, 0.29) is 33.8 Å². The van der Waals surface area contributed by atoms with E-state index in [1.807, 2.05) is 20.8 Å². The first-order valence-electron chi connectivity index (χ1n) is 12.6. The summed E-state index contributed by atoms with van der Waals surface area (Å²) in [5.41, 5.74) is 1.33. The molecule has 4 heterocycles. The molecular weight excluding hydrogens is 498 g/mol. The maximum absolute atomic E-state index is 13.5. The molecule has 0 aliphatic carbocycles. The third-order valence-corrected chi connectivity index (χ3v) is 8.37. The predicted molar refractivity (Wildman–Crippen MR) is 139 cm³/mol. The second-order valence-corrected chi connectivity index (χ2v) is 10.9. The Balaban J connectivity index is 1.81. The van der Waals surface area contributed by atoms with E-state index in [1.54, 1.807) is 11.7 Å².